The van der Waals surface area contributed by atoms with Crippen LogP contribution in [0.15, 0.2) is 66.8 Å². The van der Waals surface area contributed by atoms with E-state index in [1.54, 1.807) is 14.0 Å². The standard InChI is InChI=1S/C23H21N5O2/c1-4-18(29)27-16-9-5-15(6-10-16)21-19(14-7-11-17(30-3)12-8-14)20-22(24)25-13-26-23(20)28(21)2/h4-13H,1-3H3,(H2-,24,25,26,29)/q-2/b18-4+. The predicted molar refractivity (Wildman–Crippen MR) is 119 cm³/mol. The van der Waals surface area contributed by atoms with Crippen LogP contribution in [0.4, 0.5) is 11.5 Å². The SMILES string of the molecule is C/C=C(/O)[N-]c1ccc(-c2c(-c3ccc(OC)cc3)c3c([NH-])ncnc3n2C)cc1. The Morgan fingerprint density at radius 2 is 1.73 bits per heavy atom. The summed E-state index contributed by atoms with van der Waals surface area (Å²) in [6, 6.07) is 15.3. The number of hydrogen-bond donors (Lipinski definition) is 1. The lowest BCUT2D eigenvalue weighted by atomic mass is 9.98. The van der Waals surface area contributed by atoms with Crippen LogP contribution in [0.25, 0.3) is 44.5 Å². The van der Waals surface area contributed by atoms with Gasteiger partial charge in [0.15, 0.2) is 0 Å². The largest absolute Gasteiger partial charge is 0.628 e. The highest BCUT2D eigenvalue weighted by molar-refractivity contribution is 6.08. The fourth-order valence-electron chi connectivity index (χ4n) is 3.52. The summed E-state index contributed by atoms with van der Waals surface area (Å²) < 4.78 is 7.26. The predicted octanol–water partition coefficient (Wildman–Crippen LogP) is 6.42. The average molecular weight is 399 g/mol. The minimum atomic E-state index is -0.0274. The van der Waals surface area contributed by atoms with E-state index >= 15 is 0 Å². The van der Waals surface area contributed by atoms with Crippen LogP contribution < -0.4 is 4.74 Å². The summed E-state index contributed by atoms with van der Waals surface area (Å²) in [5, 5.41) is 14.5. The van der Waals surface area contributed by atoms with E-state index in [1.165, 1.54) is 12.4 Å². The van der Waals surface area contributed by atoms with Crippen LogP contribution in [-0.4, -0.2) is 26.8 Å². The van der Waals surface area contributed by atoms with E-state index in [0.29, 0.717) is 16.7 Å². The molecule has 0 saturated heterocycles. The zero-order valence-electron chi connectivity index (χ0n) is 16.9. The Morgan fingerprint density at radius 3 is 2.37 bits per heavy atom. The number of nitrogens with one attached hydrogen (secondary N) is 1. The van der Waals surface area contributed by atoms with Crippen molar-refractivity contribution >= 4 is 22.5 Å². The second kappa shape index (κ2) is 7.79. The maximum absolute atomic E-state index is 9.65. The second-order valence-electron chi connectivity index (χ2n) is 6.74. The second-order valence-corrected chi connectivity index (χ2v) is 6.74. The third kappa shape index (κ3) is 3.30. The molecule has 2 aromatic heterocycles. The van der Waals surface area contributed by atoms with Gasteiger partial charge in [-0.2, -0.15) is 0 Å². The molecule has 4 aromatic rings. The number of aliphatic hydroxyl groups is 1. The molecule has 4 rings (SSSR count). The summed E-state index contributed by atoms with van der Waals surface area (Å²) in [5.74, 6) is 0.912. The van der Waals surface area contributed by atoms with Crippen molar-refractivity contribution in [2.75, 3.05) is 7.11 Å². The summed E-state index contributed by atoms with van der Waals surface area (Å²) in [4.78, 5) is 8.52. The third-order valence-corrected chi connectivity index (χ3v) is 4.99. The first kappa shape index (κ1) is 19.3. The quantitative estimate of drug-likeness (QED) is 0.391. The molecule has 30 heavy (non-hydrogen) atoms. The first-order chi connectivity index (χ1) is 14.5. The molecular weight excluding hydrogens is 378 g/mol. The van der Waals surface area contributed by atoms with Crippen LogP contribution in [-0.2, 0) is 7.05 Å². The Labute approximate surface area is 174 Å². The molecule has 0 aliphatic rings. The summed E-state index contributed by atoms with van der Waals surface area (Å²) in [6.07, 6.45) is 2.95. The number of aryl methyl sites for hydroxylation is 1. The van der Waals surface area contributed by atoms with Gasteiger partial charge in [-0.25, -0.2) is 4.98 Å². The normalized spacial score (nSPS) is 11.6. The molecule has 0 aliphatic heterocycles. The van der Waals surface area contributed by atoms with E-state index in [1.807, 2.05) is 60.1 Å². The first-order valence-electron chi connectivity index (χ1n) is 9.40. The molecule has 7 nitrogen and oxygen atoms in total. The van der Waals surface area contributed by atoms with Crippen molar-refractivity contribution in [2.45, 2.75) is 6.92 Å². The number of nitrogens with zero attached hydrogens (tertiary/aromatic N) is 4. The van der Waals surface area contributed by atoms with E-state index in [2.05, 4.69) is 15.3 Å². The molecule has 0 spiro atoms. The zero-order chi connectivity index (χ0) is 21.3. The third-order valence-electron chi connectivity index (χ3n) is 4.99. The van der Waals surface area contributed by atoms with Crippen LogP contribution in [0.5, 0.6) is 5.75 Å². The molecule has 0 amide bonds. The molecule has 0 atom stereocenters. The summed E-state index contributed by atoms with van der Waals surface area (Å²) in [7, 11) is 3.56. The topological polar surface area (TPSA) is 98.1 Å². The summed E-state index contributed by atoms with van der Waals surface area (Å²) in [5.41, 5.74) is 13.4. The number of ether oxygens (including phenoxy) is 1. The molecule has 152 valence electrons. The van der Waals surface area contributed by atoms with Gasteiger partial charge in [0, 0.05) is 30.2 Å². The lowest BCUT2D eigenvalue weighted by Gasteiger charge is -2.21. The van der Waals surface area contributed by atoms with Crippen molar-refractivity contribution in [3.63, 3.8) is 0 Å². The maximum Gasteiger partial charge on any atom is 0.140 e. The number of allylic oxidation sites excluding steroid dienone is 1. The molecular formula is C23H21N5O2-2. The lowest BCUT2D eigenvalue weighted by molar-refractivity contribution is 0.415. The smallest absolute Gasteiger partial charge is 0.140 e. The number of aromatic nitrogens is 3. The molecule has 0 fully saturated rings. The Kier molecular flexibility index (Phi) is 5.02. The van der Waals surface area contributed by atoms with Crippen molar-refractivity contribution in [1.82, 2.24) is 14.5 Å². The molecule has 7 heteroatoms. The number of rotatable bonds is 5. The molecule has 2 N–H and O–H groups in total. The monoisotopic (exact) mass is 399 g/mol. The van der Waals surface area contributed by atoms with Crippen molar-refractivity contribution in [1.29, 1.82) is 0 Å². The highest BCUT2D eigenvalue weighted by Gasteiger charge is 2.19. The van der Waals surface area contributed by atoms with Crippen LogP contribution in [0.2, 0.25) is 0 Å². The number of benzene rings is 2. The van der Waals surface area contributed by atoms with Gasteiger partial charge in [-0.05, 0) is 30.2 Å². The number of methoxy groups -OCH3 is 1. The van der Waals surface area contributed by atoms with Crippen molar-refractivity contribution < 1.29 is 9.84 Å². The lowest BCUT2D eigenvalue weighted by Crippen LogP contribution is -1.94. The van der Waals surface area contributed by atoms with Gasteiger partial charge >= 0.3 is 0 Å². The van der Waals surface area contributed by atoms with E-state index < -0.39 is 0 Å². The minimum Gasteiger partial charge on any atom is -0.628 e. The molecule has 0 aliphatic carbocycles. The van der Waals surface area contributed by atoms with Crippen LogP contribution in [0.1, 0.15) is 6.92 Å². The molecule has 0 radical (unpaired) electrons. The molecule has 0 unspecified atom stereocenters. The Bertz CT molecular complexity index is 1230. The Morgan fingerprint density at radius 1 is 1.07 bits per heavy atom. The first-order valence-corrected chi connectivity index (χ1v) is 9.40. The van der Waals surface area contributed by atoms with Crippen molar-refractivity contribution in [2.24, 2.45) is 7.05 Å². The van der Waals surface area contributed by atoms with Gasteiger partial charge in [0.2, 0.25) is 0 Å². The highest BCUT2D eigenvalue weighted by Crippen LogP contribution is 2.43. The Balaban J connectivity index is 1.93. The van der Waals surface area contributed by atoms with Gasteiger partial charge < -0.3 is 30.4 Å². The number of aliphatic hydroxyl groups excluding tert-OH is 1. The van der Waals surface area contributed by atoms with E-state index in [0.717, 1.165) is 28.1 Å². The summed E-state index contributed by atoms with van der Waals surface area (Å²) >= 11 is 0. The summed E-state index contributed by atoms with van der Waals surface area (Å²) in [6.45, 7) is 1.73. The van der Waals surface area contributed by atoms with Gasteiger partial charge in [-0.3, -0.25) is 0 Å². The number of fused-ring (bicyclic) bond motifs is 1. The number of hydrogen-bond acceptors (Lipinski definition) is 4. The fourth-order valence-corrected chi connectivity index (χ4v) is 3.52. The maximum atomic E-state index is 9.65. The van der Waals surface area contributed by atoms with E-state index in [9.17, 15) is 5.11 Å². The average Bonchev–Trinajstić information content (AvgIpc) is 3.08. The Hall–Kier alpha value is -4.00. The van der Waals surface area contributed by atoms with Crippen molar-refractivity contribution in [3.8, 4) is 28.1 Å². The van der Waals surface area contributed by atoms with E-state index in [4.69, 9.17) is 10.5 Å². The molecule has 2 aromatic carbocycles. The zero-order valence-corrected chi connectivity index (χ0v) is 16.9. The minimum absolute atomic E-state index is 0.0274. The molecule has 2 heterocycles. The molecule has 0 bridgehead atoms. The van der Waals surface area contributed by atoms with E-state index in [-0.39, 0.29) is 11.7 Å². The molecule has 0 saturated carbocycles. The van der Waals surface area contributed by atoms with Crippen molar-refractivity contribution in [3.05, 3.63) is 77.9 Å². The fraction of sp³-hybridized carbons (Fsp3) is 0.130. The van der Waals surface area contributed by atoms with Crippen LogP contribution in [0, 0.1) is 0 Å². The highest BCUT2D eigenvalue weighted by atomic mass is 16.5. The van der Waals surface area contributed by atoms with Gasteiger partial charge in [0.1, 0.15) is 11.4 Å². The van der Waals surface area contributed by atoms with Gasteiger partial charge in [0.25, 0.3) is 0 Å². The van der Waals surface area contributed by atoms with Gasteiger partial charge in [-0.15, -0.1) is 5.69 Å². The van der Waals surface area contributed by atoms with Crippen LogP contribution >= 0.6 is 0 Å². The van der Waals surface area contributed by atoms with Gasteiger partial charge in [0.05, 0.1) is 12.8 Å². The van der Waals surface area contributed by atoms with Crippen LogP contribution in [0.3, 0.4) is 0 Å². The van der Waals surface area contributed by atoms with Gasteiger partial charge in [-0.1, -0.05) is 48.3 Å².